The van der Waals surface area contributed by atoms with Gasteiger partial charge < -0.3 is 34.8 Å². The smallest absolute Gasteiger partial charge is 0.229 e. The SMILES string of the molecule is COc1ccc(Nc2nc(Nc3cc(OC)ccc3OC)ncc2Br)c(NP(C)O)c1. The Labute approximate surface area is 190 Å². The van der Waals surface area contributed by atoms with Gasteiger partial charge in [0.25, 0.3) is 0 Å². The fourth-order valence-electron chi connectivity index (χ4n) is 2.70. The Bertz CT molecular complexity index is 1050. The van der Waals surface area contributed by atoms with Crippen molar-refractivity contribution >= 4 is 53.1 Å². The molecule has 1 aromatic heterocycles. The Morgan fingerprint density at radius 2 is 1.58 bits per heavy atom. The largest absolute Gasteiger partial charge is 0.497 e. The summed E-state index contributed by atoms with van der Waals surface area (Å²) in [6, 6.07) is 10.9. The molecule has 0 aliphatic rings. The summed E-state index contributed by atoms with van der Waals surface area (Å²) in [4.78, 5) is 18.7. The van der Waals surface area contributed by atoms with Crippen LogP contribution < -0.4 is 29.9 Å². The lowest BCUT2D eigenvalue weighted by molar-refractivity contribution is 0.405. The maximum Gasteiger partial charge on any atom is 0.229 e. The van der Waals surface area contributed by atoms with Gasteiger partial charge in [0.2, 0.25) is 5.95 Å². The molecule has 3 aromatic rings. The van der Waals surface area contributed by atoms with E-state index in [0.29, 0.717) is 50.5 Å². The molecule has 0 radical (unpaired) electrons. The molecule has 164 valence electrons. The van der Waals surface area contributed by atoms with Crippen molar-refractivity contribution in [2.24, 2.45) is 0 Å². The number of methoxy groups -OCH3 is 3. The second kappa shape index (κ2) is 10.5. The lowest BCUT2D eigenvalue weighted by atomic mass is 10.2. The monoisotopic (exact) mass is 507 g/mol. The van der Waals surface area contributed by atoms with Crippen molar-refractivity contribution in [3.8, 4) is 17.2 Å². The summed E-state index contributed by atoms with van der Waals surface area (Å²) in [7, 11) is 3.40. The molecule has 0 bridgehead atoms. The van der Waals surface area contributed by atoms with E-state index in [1.54, 1.807) is 58.5 Å². The van der Waals surface area contributed by atoms with Crippen LogP contribution in [0.5, 0.6) is 17.2 Å². The zero-order valence-corrected chi connectivity index (χ0v) is 19.9. The Morgan fingerprint density at radius 1 is 0.903 bits per heavy atom. The Kier molecular flexibility index (Phi) is 7.73. The zero-order chi connectivity index (χ0) is 22.4. The van der Waals surface area contributed by atoms with Crippen LogP contribution in [0.15, 0.2) is 47.1 Å². The van der Waals surface area contributed by atoms with Crippen LogP contribution in [0.25, 0.3) is 0 Å². The van der Waals surface area contributed by atoms with Gasteiger partial charge in [0.05, 0.1) is 42.9 Å². The Morgan fingerprint density at radius 3 is 2.23 bits per heavy atom. The number of hydrogen-bond acceptors (Lipinski definition) is 9. The van der Waals surface area contributed by atoms with Crippen LogP contribution in [-0.2, 0) is 0 Å². The van der Waals surface area contributed by atoms with Gasteiger partial charge in [0.1, 0.15) is 31.4 Å². The van der Waals surface area contributed by atoms with E-state index in [1.165, 1.54) is 0 Å². The third kappa shape index (κ3) is 5.88. The number of rotatable bonds is 9. The molecule has 0 aliphatic heterocycles. The molecule has 1 atom stereocenters. The molecule has 0 spiro atoms. The summed E-state index contributed by atoms with van der Waals surface area (Å²) in [5.74, 6) is 2.86. The minimum atomic E-state index is -1.37. The van der Waals surface area contributed by atoms with E-state index < -0.39 is 8.30 Å². The van der Waals surface area contributed by atoms with Gasteiger partial charge in [-0.1, -0.05) is 0 Å². The minimum absolute atomic E-state index is 0.361. The number of ether oxygens (including phenoxy) is 3. The highest BCUT2D eigenvalue weighted by Crippen LogP contribution is 2.37. The van der Waals surface area contributed by atoms with Gasteiger partial charge in [-0.05, 0) is 46.9 Å². The van der Waals surface area contributed by atoms with Crippen molar-refractivity contribution in [1.82, 2.24) is 9.97 Å². The molecule has 1 unspecified atom stereocenters. The lowest BCUT2D eigenvalue weighted by Gasteiger charge is -2.17. The first-order valence-corrected chi connectivity index (χ1v) is 11.6. The third-order valence-corrected chi connectivity index (χ3v) is 5.30. The molecule has 0 saturated carbocycles. The van der Waals surface area contributed by atoms with Gasteiger partial charge in [-0.2, -0.15) is 4.98 Å². The molecular weight excluding hydrogens is 485 g/mol. The second-order valence-electron chi connectivity index (χ2n) is 6.25. The summed E-state index contributed by atoms with van der Waals surface area (Å²) in [6.45, 7) is 1.70. The van der Waals surface area contributed by atoms with E-state index in [0.717, 1.165) is 0 Å². The number of nitrogens with zero attached hydrogens (tertiary/aromatic N) is 2. The predicted molar refractivity (Wildman–Crippen MR) is 128 cm³/mol. The summed E-state index contributed by atoms with van der Waals surface area (Å²) < 4.78 is 16.6. The predicted octanol–water partition coefficient (Wildman–Crippen LogP) is 5.10. The van der Waals surface area contributed by atoms with Gasteiger partial charge in [-0.25, -0.2) is 4.98 Å². The topological polar surface area (TPSA) is 110 Å². The molecule has 4 N–H and O–H groups in total. The van der Waals surface area contributed by atoms with Gasteiger partial charge in [-0.15, -0.1) is 0 Å². The van der Waals surface area contributed by atoms with Crippen molar-refractivity contribution in [1.29, 1.82) is 0 Å². The average molecular weight is 508 g/mol. The number of aromatic nitrogens is 2. The van der Waals surface area contributed by atoms with Crippen LogP contribution in [0.4, 0.5) is 28.8 Å². The van der Waals surface area contributed by atoms with Crippen molar-refractivity contribution in [2.45, 2.75) is 0 Å². The first-order chi connectivity index (χ1) is 14.9. The fraction of sp³-hybridized carbons (Fsp3) is 0.200. The van der Waals surface area contributed by atoms with Gasteiger partial charge in [0.15, 0.2) is 0 Å². The molecular formula is C20H23BrN5O4P. The molecule has 3 rings (SSSR count). The van der Waals surface area contributed by atoms with Crippen LogP contribution in [-0.4, -0.2) is 42.9 Å². The molecule has 0 amide bonds. The minimum Gasteiger partial charge on any atom is -0.497 e. The molecule has 11 heteroatoms. The second-order valence-corrected chi connectivity index (χ2v) is 8.38. The Hall–Kier alpha value is -2.81. The van der Waals surface area contributed by atoms with Crippen molar-refractivity contribution in [3.05, 3.63) is 47.1 Å². The van der Waals surface area contributed by atoms with E-state index in [9.17, 15) is 4.89 Å². The quantitative estimate of drug-likeness (QED) is 0.294. The van der Waals surface area contributed by atoms with Crippen LogP contribution in [0.1, 0.15) is 0 Å². The third-order valence-electron chi connectivity index (χ3n) is 4.16. The summed E-state index contributed by atoms with van der Waals surface area (Å²) >= 11 is 3.48. The molecule has 0 aliphatic carbocycles. The Balaban J connectivity index is 1.91. The number of nitrogens with one attached hydrogen (secondary N) is 3. The average Bonchev–Trinajstić information content (AvgIpc) is 2.76. The van der Waals surface area contributed by atoms with Crippen LogP contribution in [0.2, 0.25) is 0 Å². The maximum atomic E-state index is 9.83. The van der Waals surface area contributed by atoms with Gasteiger partial charge in [0, 0.05) is 18.3 Å². The maximum absolute atomic E-state index is 9.83. The molecule has 1 heterocycles. The fourth-order valence-corrected chi connectivity index (χ4v) is 3.52. The molecule has 2 aromatic carbocycles. The number of anilines is 5. The zero-order valence-electron chi connectivity index (χ0n) is 17.4. The summed E-state index contributed by atoms with van der Waals surface area (Å²) in [6.07, 6.45) is 1.64. The number of halogens is 1. The van der Waals surface area contributed by atoms with Crippen LogP contribution >= 0.6 is 24.2 Å². The lowest BCUT2D eigenvalue weighted by Crippen LogP contribution is -2.04. The number of hydrogen-bond donors (Lipinski definition) is 4. The van der Waals surface area contributed by atoms with E-state index in [2.05, 4.69) is 41.6 Å². The molecule has 9 nitrogen and oxygen atoms in total. The van der Waals surface area contributed by atoms with E-state index in [-0.39, 0.29) is 0 Å². The summed E-state index contributed by atoms with van der Waals surface area (Å²) in [5, 5.41) is 9.46. The van der Waals surface area contributed by atoms with E-state index in [1.807, 2.05) is 12.1 Å². The first kappa shape index (κ1) is 22.9. The molecule has 31 heavy (non-hydrogen) atoms. The van der Waals surface area contributed by atoms with Crippen LogP contribution in [0, 0.1) is 0 Å². The van der Waals surface area contributed by atoms with Gasteiger partial charge in [-0.3, -0.25) is 0 Å². The normalized spacial score (nSPS) is 11.4. The van der Waals surface area contributed by atoms with Gasteiger partial charge >= 0.3 is 0 Å². The summed E-state index contributed by atoms with van der Waals surface area (Å²) in [5.41, 5.74) is 2.07. The highest BCUT2D eigenvalue weighted by molar-refractivity contribution is 9.10. The van der Waals surface area contributed by atoms with Crippen LogP contribution in [0.3, 0.4) is 0 Å². The first-order valence-electron chi connectivity index (χ1n) is 9.09. The van der Waals surface area contributed by atoms with E-state index in [4.69, 9.17) is 14.2 Å². The van der Waals surface area contributed by atoms with Crippen molar-refractivity contribution < 1.29 is 19.1 Å². The standard InChI is InChI=1S/C20H23BrN5O4P/c1-28-12-5-7-15(16(9-12)26-31(4)27)23-19-14(21)11-22-20(25-19)24-17-10-13(29-2)6-8-18(17)30-3/h5-11,26-27H,1-4H3,(H2,22,23,24,25). The molecule has 0 fully saturated rings. The molecule has 0 saturated heterocycles. The number of benzene rings is 2. The van der Waals surface area contributed by atoms with E-state index >= 15 is 0 Å². The van der Waals surface area contributed by atoms with Crippen molar-refractivity contribution in [2.75, 3.05) is 43.7 Å². The van der Waals surface area contributed by atoms with Crippen molar-refractivity contribution in [3.63, 3.8) is 0 Å². The highest BCUT2D eigenvalue weighted by atomic mass is 79.9. The highest BCUT2D eigenvalue weighted by Gasteiger charge is 2.13.